The van der Waals surface area contributed by atoms with Crippen LogP contribution in [0.15, 0.2) is 0 Å². The molecule has 190 valence electrons. The van der Waals surface area contributed by atoms with Crippen molar-refractivity contribution in [3.63, 3.8) is 0 Å². The van der Waals surface area contributed by atoms with Crippen LogP contribution in [0, 0.1) is 0 Å². The number of nitrogens with zero attached hydrogens (tertiary/aromatic N) is 1. The Morgan fingerprint density at radius 3 is 1.29 bits per heavy atom. The van der Waals surface area contributed by atoms with Gasteiger partial charge in [-0.05, 0) is 26.7 Å². The zero-order valence-corrected chi connectivity index (χ0v) is 21.7. The van der Waals surface area contributed by atoms with E-state index in [9.17, 15) is 8.42 Å². The van der Waals surface area contributed by atoms with Gasteiger partial charge in [0.15, 0.2) is 0 Å². The summed E-state index contributed by atoms with van der Waals surface area (Å²) in [5.74, 6) is 0. The van der Waals surface area contributed by atoms with Crippen LogP contribution in [0.4, 0.5) is 0 Å². The highest BCUT2D eigenvalue weighted by molar-refractivity contribution is 7.80. The molecule has 5 nitrogen and oxygen atoms in total. The zero-order chi connectivity index (χ0) is 22.7. The lowest BCUT2D eigenvalue weighted by molar-refractivity contribution is -0.963. The summed E-state index contributed by atoms with van der Waals surface area (Å²) in [6.45, 7) is 10.6. The summed E-state index contributed by atoms with van der Waals surface area (Å²) in [4.78, 5) is 0. The first kappa shape index (κ1) is 32.9. The molecule has 0 aromatic heterocycles. The van der Waals surface area contributed by atoms with Crippen LogP contribution in [0.5, 0.6) is 0 Å². The maximum atomic E-state index is 11.1. The maximum Gasteiger partial charge on any atom is 0.402 e. The van der Waals surface area contributed by atoms with E-state index in [-0.39, 0.29) is 4.70 Å². The van der Waals surface area contributed by atoms with E-state index >= 15 is 0 Å². The first-order chi connectivity index (χ1) is 14.3. The van der Waals surface area contributed by atoms with Crippen molar-refractivity contribution in [2.75, 3.05) is 19.6 Å². The second kappa shape index (κ2) is 20.4. The molecule has 0 aliphatic rings. The fourth-order valence-electron chi connectivity index (χ4n) is 4.48. The Labute approximate surface area is 193 Å². The summed E-state index contributed by atoms with van der Waals surface area (Å²) in [5.41, 5.74) is 0. The predicted molar refractivity (Wildman–Crippen MR) is 128 cm³/mol. The predicted octanol–water partition coefficient (Wildman–Crippen LogP) is 4.27. The molecule has 0 fully saturated rings. The Balaban J connectivity index is 0. The Morgan fingerprint density at radius 1 is 0.677 bits per heavy atom. The third-order valence-electron chi connectivity index (χ3n) is 6.75. The van der Waals surface area contributed by atoms with Gasteiger partial charge >= 0.3 is 10.4 Å². The van der Waals surface area contributed by atoms with Crippen LogP contribution in [0.3, 0.4) is 0 Å². The number of unbranched alkanes of at least 4 members (excludes halogenated alkanes) is 15. The molecule has 0 aromatic carbocycles. The molecule has 1 N–H and O–H groups in total. The van der Waals surface area contributed by atoms with Crippen LogP contribution in [0.2, 0.25) is 0 Å². The fourth-order valence-corrected chi connectivity index (χ4v) is 5.01. The summed E-state index contributed by atoms with van der Waals surface area (Å²) in [6.07, 6.45) is 21.0. The molecule has 31 heavy (non-hydrogen) atoms. The highest BCUT2D eigenvalue weighted by Gasteiger charge is 2.33. The summed E-state index contributed by atoms with van der Waals surface area (Å²) >= 11 is 0. The topological polar surface area (TPSA) is 63.6 Å². The Bertz CT molecular complexity index is 484. The zero-order valence-electron chi connectivity index (χ0n) is 20.9. The molecule has 7 heteroatoms. The van der Waals surface area contributed by atoms with E-state index < -0.39 is 16.6 Å². The van der Waals surface area contributed by atoms with Crippen LogP contribution in [-0.2, 0) is 14.6 Å². The molecular weight excluding hydrogens is 417 g/mol. The van der Waals surface area contributed by atoms with E-state index in [2.05, 4.69) is 20.8 Å². The second-order valence-electron chi connectivity index (χ2n) is 9.00. The minimum Gasteiger partial charge on any atom is -1.00 e. The average Bonchev–Trinajstić information content (AvgIpc) is 2.69. The fraction of sp³-hybridized carbons (Fsp3) is 1.00. The van der Waals surface area contributed by atoms with Gasteiger partial charge in [0.2, 0.25) is 6.23 Å². The van der Waals surface area contributed by atoms with E-state index in [4.69, 9.17) is 8.74 Å². The van der Waals surface area contributed by atoms with Crippen LogP contribution in [-0.4, -0.2) is 43.3 Å². The van der Waals surface area contributed by atoms with Gasteiger partial charge in [-0.2, -0.15) is 12.6 Å². The maximum absolute atomic E-state index is 11.1. The molecule has 0 spiro atoms. The molecule has 0 aromatic rings. The molecule has 0 saturated carbocycles. The number of halogens is 1. The van der Waals surface area contributed by atoms with Crippen molar-refractivity contribution < 1.29 is 26.3 Å². The quantitative estimate of drug-likeness (QED) is 0.111. The van der Waals surface area contributed by atoms with Gasteiger partial charge in [-0.25, -0.2) is 0 Å². The van der Waals surface area contributed by atoms with Crippen LogP contribution < -0.4 is 4.70 Å². The lowest BCUT2D eigenvalue weighted by Crippen LogP contribution is -3.00. The highest BCUT2D eigenvalue weighted by atomic mass is 32.3. The SMILES string of the molecule is CCCCCCCCCCCCCCCCCC[N+](CC)(CC)C(C)OS(=O)(=O)O.[F-]. The molecule has 0 bridgehead atoms. The van der Waals surface area contributed by atoms with E-state index in [1.54, 1.807) is 6.92 Å². The van der Waals surface area contributed by atoms with E-state index in [0.29, 0.717) is 4.48 Å². The molecule has 0 saturated heterocycles. The first-order valence-corrected chi connectivity index (χ1v) is 14.2. The molecule has 1 atom stereocenters. The van der Waals surface area contributed by atoms with Gasteiger partial charge in [0.1, 0.15) is 0 Å². The molecule has 0 rings (SSSR count). The van der Waals surface area contributed by atoms with Gasteiger partial charge in [-0.3, -0.25) is 9.04 Å². The van der Waals surface area contributed by atoms with E-state index in [1.807, 2.05) is 0 Å². The van der Waals surface area contributed by atoms with Crippen molar-refractivity contribution in [3.05, 3.63) is 0 Å². The van der Waals surface area contributed by atoms with Crippen molar-refractivity contribution in [1.29, 1.82) is 0 Å². The van der Waals surface area contributed by atoms with Gasteiger partial charge in [0, 0.05) is 6.92 Å². The van der Waals surface area contributed by atoms with Crippen molar-refractivity contribution in [3.8, 4) is 0 Å². The van der Waals surface area contributed by atoms with Gasteiger partial charge in [-0.15, -0.1) is 0 Å². The molecule has 0 amide bonds. The minimum atomic E-state index is -4.40. The number of hydrogen-bond acceptors (Lipinski definition) is 3. The number of hydrogen-bond donors (Lipinski definition) is 1. The third kappa shape index (κ3) is 17.9. The standard InChI is InChI=1S/C24H51NO4S.FH/c1-5-8-9-10-11-12-13-14-15-16-17-18-19-20-21-22-23-25(6-2,7-3)24(4)29-30(26,27)28;/h24H,5-23H2,1-4H3;1H. The molecule has 0 heterocycles. The number of rotatable bonds is 22. The molecule has 0 aliphatic heterocycles. The monoisotopic (exact) mass is 469 g/mol. The van der Waals surface area contributed by atoms with Gasteiger partial charge in [0.05, 0.1) is 19.6 Å². The van der Waals surface area contributed by atoms with Crippen LogP contribution in [0.1, 0.15) is 130 Å². The Hall–Kier alpha value is -0.240. The number of quaternary nitrogens is 1. The normalized spacial score (nSPS) is 13.2. The summed E-state index contributed by atoms with van der Waals surface area (Å²) in [5, 5.41) is 0. The summed E-state index contributed by atoms with van der Waals surface area (Å²) in [7, 11) is -4.40. The summed E-state index contributed by atoms with van der Waals surface area (Å²) < 4.78 is 36.6. The van der Waals surface area contributed by atoms with Crippen molar-refractivity contribution >= 4 is 10.4 Å². The smallest absolute Gasteiger partial charge is 0.402 e. The van der Waals surface area contributed by atoms with Gasteiger partial charge < -0.3 is 4.70 Å². The van der Waals surface area contributed by atoms with Crippen molar-refractivity contribution in [1.82, 2.24) is 0 Å². The van der Waals surface area contributed by atoms with Gasteiger partial charge in [0.25, 0.3) is 0 Å². The van der Waals surface area contributed by atoms with Crippen LogP contribution >= 0.6 is 0 Å². The Morgan fingerprint density at radius 2 is 1.00 bits per heavy atom. The van der Waals surface area contributed by atoms with E-state index in [0.717, 1.165) is 26.1 Å². The second-order valence-corrected chi connectivity index (χ2v) is 10.0. The van der Waals surface area contributed by atoms with Crippen molar-refractivity contribution in [2.45, 2.75) is 137 Å². The molecule has 1 unspecified atom stereocenters. The molecule has 0 aliphatic carbocycles. The molecule has 0 radical (unpaired) electrons. The lowest BCUT2D eigenvalue weighted by atomic mass is 10.0. The third-order valence-corrected chi connectivity index (χ3v) is 7.27. The van der Waals surface area contributed by atoms with Crippen LogP contribution in [0.25, 0.3) is 0 Å². The molecular formula is C24H52FNO4S. The van der Waals surface area contributed by atoms with Crippen molar-refractivity contribution in [2.24, 2.45) is 0 Å². The average molecular weight is 470 g/mol. The van der Waals surface area contributed by atoms with E-state index in [1.165, 1.54) is 96.3 Å². The Kier molecular flexibility index (Phi) is 21.6. The first-order valence-electron chi connectivity index (χ1n) is 12.8. The minimum absolute atomic E-state index is 0. The van der Waals surface area contributed by atoms with Gasteiger partial charge in [-0.1, -0.05) is 96.8 Å². The lowest BCUT2D eigenvalue weighted by Gasteiger charge is -2.40. The highest BCUT2D eigenvalue weighted by Crippen LogP contribution is 2.19. The largest absolute Gasteiger partial charge is 1.00 e. The summed E-state index contributed by atoms with van der Waals surface area (Å²) in [6, 6.07) is 0.